The molecule has 2 rings (SSSR count). The highest BCUT2D eigenvalue weighted by molar-refractivity contribution is 7.93. The number of nitrogens with zero attached hydrogens (tertiary/aromatic N) is 2. The van der Waals surface area contributed by atoms with Gasteiger partial charge in [0.05, 0.1) is 16.2 Å². The van der Waals surface area contributed by atoms with Gasteiger partial charge in [-0.25, -0.2) is 13.4 Å². The summed E-state index contributed by atoms with van der Waals surface area (Å²) < 4.78 is 26.4. The summed E-state index contributed by atoms with van der Waals surface area (Å²) in [4.78, 5) is 24.5. The largest absolute Gasteiger partial charge is 0.481 e. The van der Waals surface area contributed by atoms with Crippen molar-refractivity contribution in [2.24, 2.45) is 0 Å². The van der Waals surface area contributed by atoms with E-state index in [0.29, 0.717) is 4.88 Å². The van der Waals surface area contributed by atoms with Gasteiger partial charge in [-0.05, 0) is 12.1 Å². The molecule has 22 heavy (non-hydrogen) atoms. The Morgan fingerprint density at radius 3 is 2.55 bits per heavy atom. The minimum atomic E-state index is -3.94. The van der Waals surface area contributed by atoms with Crippen molar-refractivity contribution >= 4 is 38.1 Å². The number of non-ortho nitro benzene ring substituents is 1. The second-order valence-electron chi connectivity index (χ2n) is 4.06. The van der Waals surface area contributed by atoms with Crippen LogP contribution in [0.5, 0.6) is 0 Å². The molecule has 1 heterocycles. The predicted molar refractivity (Wildman–Crippen MR) is 77.4 cm³/mol. The fourth-order valence-corrected chi connectivity index (χ4v) is 3.55. The van der Waals surface area contributed by atoms with Crippen molar-refractivity contribution in [1.29, 1.82) is 0 Å². The first-order valence-electron chi connectivity index (χ1n) is 5.72. The Morgan fingerprint density at radius 1 is 1.36 bits per heavy atom. The van der Waals surface area contributed by atoms with Gasteiger partial charge >= 0.3 is 5.97 Å². The number of carboxylic acids is 1. The highest BCUT2D eigenvalue weighted by Gasteiger charge is 2.18. The molecule has 0 amide bonds. The number of sulfonamides is 1. The van der Waals surface area contributed by atoms with E-state index in [9.17, 15) is 23.3 Å². The second kappa shape index (κ2) is 6.07. The zero-order chi connectivity index (χ0) is 16.3. The van der Waals surface area contributed by atoms with Gasteiger partial charge in [0.15, 0.2) is 5.13 Å². The first-order valence-corrected chi connectivity index (χ1v) is 8.01. The van der Waals surface area contributed by atoms with Crippen LogP contribution in [-0.4, -0.2) is 29.4 Å². The van der Waals surface area contributed by atoms with Gasteiger partial charge in [0.25, 0.3) is 15.7 Å². The van der Waals surface area contributed by atoms with Crippen molar-refractivity contribution < 1.29 is 23.2 Å². The van der Waals surface area contributed by atoms with Gasteiger partial charge in [-0.2, -0.15) is 0 Å². The number of nitro groups is 1. The Labute approximate surface area is 128 Å². The Hall–Kier alpha value is -2.53. The Bertz CT molecular complexity index is 813. The number of thiazole rings is 1. The van der Waals surface area contributed by atoms with E-state index in [1.165, 1.54) is 6.20 Å². The van der Waals surface area contributed by atoms with Crippen LogP contribution < -0.4 is 4.72 Å². The maximum absolute atomic E-state index is 12.1. The lowest BCUT2D eigenvalue weighted by Crippen LogP contribution is -2.12. The van der Waals surface area contributed by atoms with Crippen molar-refractivity contribution in [3.05, 3.63) is 45.5 Å². The second-order valence-corrected chi connectivity index (χ2v) is 6.86. The third-order valence-electron chi connectivity index (χ3n) is 2.46. The fraction of sp³-hybridized carbons (Fsp3) is 0.0909. The monoisotopic (exact) mass is 343 g/mol. The first-order chi connectivity index (χ1) is 10.3. The summed E-state index contributed by atoms with van der Waals surface area (Å²) in [5.74, 6) is -1.05. The lowest BCUT2D eigenvalue weighted by atomic mass is 10.3. The van der Waals surface area contributed by atoms with Gasteiger partial charge in [-0.15, -0.1) is 11.3 Å². The smallest absolute Gasteiger partial charge is 0.308 e. The van der Waals surface area contributed by atoms with E-state index in [1.807, 2.05) is 0 Å². The predicted octanol–water partition coefficient (Wildman–Crippen LogP) is 1.48. The number of nitro benzene ring substituents is 1. The van der Waals surface area contributed by atoms with Crippen molar-refractivity contribution in [2.75, 3.05) is 4.72 Å². The van der Waals surface area contributed by atoms with Crippen molar-refractivity contribution in [3.63, 3.8) is 0 Å². The minimum absolute atomic E-state index is 0.0228. The van der Waals surface area contributed by atoms with Gasteiger partial charge in [-0.1, -0.05) is 0 Å². The normalized spacial score (nSPS) is 11.1. The number of anilines is 1. The zero-order valence-corrected chi connectivity index (χ0v) is 12.4. The standard InChI is InChI=1S/C11H9N3O6S2/c15-10(16)5-8-6-12-11(21-8)13-22(19,20)9-3-1-7(2-4-9)14(17)18/h1-4,6H,5H2,(H,12,13)(H,15,16). The molecule has 0 bridgehead atoms. The number of aromatic nitrogens is 1. The molecule has 2 N–H and O–H groups in total. The maximum Gasteiger partial charge on any atom is 0.308 e. The molecule has 0 aliphatic carbocycles. The molecule has 0 fully saturated rings. The number of nitrogens with one attached hydrogen (secondary N) is 1. The third-order valence-corrected chi connectivity index (χ3v) is 4.86. The molecule has 0 aliphatic heterocycles. The van der Waals surface area contributed by atoms with E-state index in [2.05, 4.69) is 9.71 Å². The molecule has 116 valence electrons. The summed E-state index contributed by atoms with van der Waals surface area (Å²) in [5.41, 5.74) is -0.225. The third kappa shape index (κ3) is 3.77. The van der Waals surface area contributed by atoms with Crippen LogP contribution in [0.2, 0.25) is 0 Å². The molecule has 0 spiro atoms. The van der Waals surface area contributed by atoms with E-state index in [-0.39, 0.29) is 22.1 Å². The number of carbonyl (C=O) groups is 1. The molecule has 0 saturated carbocycles. The van der Waals surface area contributed by atoms with Crippen LogP contribution in [0.15, 0.2) is 35.4 Å². The molecule has 0 saturated heterocycles. The molecule has 0 radical (unpaired) electrons. The molecule has 0 unspecified atom stereocenters. The van der Waals surface area contributed by atoms with Crippen LogP contribution in [0, 0.1) is 10.1 Å². The number of aliphatic carboxylic acids is 1. The van der Waals surface area contributed by atoms with Gasteiger partial charge in [0, 0.05) is 23.2 Å². The summed E-state index contributed by atoms with van der Waals surface area (Å²) in [5, 5.41) is 19.2. The molecule has 1 aromatic carbocycles. The van der Waals surface area contributed by atoms with Crippen LogP contribution in [0.4, 0.5) is 10.8 Å². The number of benzene rings is 1. The molecule has 0 atom stereocenters. The average Bonchev–Trinajstić information content (AvgIpc) is 2.84. The Kier molecular flexibility index (Phi) is 4.37. The van der Waals surface area contributed by atoms with Gasteiger partial charge in [-0.3, -0.25) is 19.6 Å². The molecular weight excluding hydrogens is 334 g/mol. The lowest BCUT2D eigenvalue weighted by Gasteiger charge is -2.04. The van der Waals surface area contributed by atoms with Crippen molar-refractivity contribution in [3.8, 4) is 0 Å². The average molecular weight is 343 g/mol. The number of carboxylic acid groups (broad SMARTS) is 1. The molecular formula is C11H9N3O6S2. The summed E-state index contributed by atoms with van der Waals surface area (Å²) in [6, 6.07) is 4.36. The zero-order valence-electron chi connectivity index (χ0n) is 10.8. The highest BCUT2D eigenvalue weighted by Crippen LogP contribution is 2.23. The van der Waals surface area contributed by atoms with E-state index in [0.717, 1.165) is 35.6 Å². The molecule has 0 aliphatic rings. The highest BCUT2D eigenvalue weighted by atomic mass is 32.2. The van der Waals surface area contributed by atoms with Crippen LogP contribution in [0.3, 0.4) is 0 Å². The van der Waals surface area contributed by atoms with Crippen LogP contribution in [-0.2, 0) is 21.2 Å². The number of rotatable bonds is 6. The molecule has 2 aromatic rings. The van der Waals surface area contributed by atoms with Crippen LogP contribution in [0.1, 0.15) is 4.88 Å². The Morgan fingerprint density at radius 2 is 2.00 bits per heavy atom. The maximum atomic E-state index is 12.1. The van der Waals surface area contributed by atoms with E-state index < -0.39 is 20.9 Å². The Balaban J connectivity index is 2.18. The summed E-state index contributed by atoms with van der Waals surface area (Å²) in [6.07, 6.45) is 1.02. The molecule has 1 aromatic heterocycles. The van der Waals surface area contributed by atoms with Crippen LogP contribution >= 0.6 is 11.3 Å². The fourth-order valence-electron chi connectivity index (χ4n) is 1.51. The minimum Gasteiger partial charge on any atom is -0.481 e. The SMILES string of the molecule is O=C(O)Cc1cnc(NS(=O)(=O)c2ccc([N+](=O)[O-])cc2)s1. The van der Waals surface area contributed by atoms with Gasteiger partial charge < -0.3 is 5.11 Å². The van der Waals surface area contributed by atoms with Crippen molar-refractivity contribution in [1.82, 2.24) is 4.98 Å². The lowest BCUT2D eigenvalue weighted by molar-refractivity contribution is -0.384. The van der Waals surface area contributed by atoms with Crippen LogP contribution in [0.25, 0.3) is 0 Å². The first kappa shape index (κ1) is 15.9. The number of hydrogen-bond donors (Lipinski definition) is 2. The molecule has 11 heteroatoms. The topological polar surface area (TPSA) is 140 Å². The summed E-state index contributed by atoms with van der Waals surface area (Å²) >= 11 is 0.900. The van der Waals surface area contributed by atoms with E-state index in [4.69, 9.17) is 5.11 Å². The molecule has 9 nitrogen and oxygen atoms in total. The van der Waals surface area contributed by atoms with E-state index >= 15 is 0 Å². The van der Waals surface area contributed by atoms with Crippen molar-refractivity contribution in [2.45, 2.75) is 11.3 Å². The summed E-state index contributed by atoms with van der Waals surface area (Å²) in [6.45, 7) is 0. The summed E-state index contributed by atoms with van der Waals surface area (Å²) in [7, 11) is -3.94. The van der Waals surface area contributed by atoms with E-state index in [1.54, 1.807) is 0 Å². The number of hydrogen-bond acceptors (Lipinski definition) is 7. The van der Waals surface area contributed by atoms with Gasteiger partial charge in [0.1, 0.15) is 0 Å². The quantitative estimate of drug-likeness (QED) is 0.598. The van der Waals surface area contributed by atoms with Gasteiger partial charge in [0.2, 0.25) is 0 Å².